The number of alkyl halides is 2. The number of benzene rings is 2. The van der Waals surface area contributed by atoms with E-state index in [0.717, 1.165) is 36.5 Å². The van der Waals surface area contributed by atoms with Crippen LogP contribution in [0, 0.1) is 0 Å². The fraction of sp³-hybridized carbons (Fsp3) is 0.375. The van der Waals surface area contributed by atoms with Gasteiger partial charge in [0, 0.05) is 24.5 Å². The Morgan fingerprint density at radius 3 is 2.32 bits per heavy atom. The van der Waals surface area contributed by atoms with Crippen LogP contribution in [0.25, 0.3) is 0 Å². The van der Waals surface area contributed by atoms with Gasteiger partial charge in [0.15, 0.2) is 0 Å². The van der Waals surface area contributed by atoms with Crippen LogP contribution < -0.4 is 20.3 Å². The SMILES string of the molecule is C[C@]1(c2ccc(OC(F)F)cc2)NC(=O)N(CC(=O)Nc2ccc(N3CCCCC3)cc2)C1=O. The van der Waals surface area contributed by atoms with Crippen molar-refractivity contribution in [2.45, 2.75) is 38.3 Å². The van der Waals surface area contributed by atoms with Crippen molar-refractivity contribution in [1.82, 2.24) is 10.2 Å². The zero-order chi connectivity index (χ0) is 24.3. The van der Waals surface area contributed by atoms with Crippen LogP contribution >= 0.6 is 0 Å². The molecule has 10 heteroatoms. The molecule has 2 fully saturated rings. The van der Waals surface area contributed by atoms with E-state index in [1.807, 2.05) is 12.1 Å². The van der Waals surface area contributed by atoms with Crippen LogP contribution in [0.15, 0.2) is 48.5 Å². The van der Waals surface area contributed by atoms with E-state index in [1.165, 1.54) is 37.6 Å². The largest absolute Gasteiger partial charge is 0.435 e. The van der Waals surface area contributed by atoms with Crippen LogP contribution in [0.5, 0.6) is 5.75 Å². The standard InChI is InChI=1S/C24H26F2N4O4/c1-24(16-5-11-19(12-6-16)34-22(25)26)21(32)30(23(33)28-24)15-20(31)27-17-7-9-18(10-8-17)29-13-3-2-4-14-29/h5-12,22H,2-4,13-15H2,1H3,(H,27,31)(H,28,33)/t24-/m1/s1. The van der Waals surface area contributed by atoms with Crippen molar-refractivity contribution in [3.05, 3.63) is 54.1 Å². The summed E-state index contributed by atoms with van der Waals surface area (Å²) in [6.07, 6.45) is 3.57. The van der Waals surface area contributed by atoms with Crippen molar-refractivity contribution in [3.8, 4) is 5.75 Å². The van der Waals surface area contributed by atoms with Crippen molar-refractivity contribution in [2.75, 3.05) is 29.9 Å². The fourth-order valence-electron chi connectivity index (χ4n) is 4.26. The maximum Gasteiger partial charge on any atom is 0.387 e. The van der Waals surface area contributed by atoms with Gasteiger partial charge in [-0.2, -0.15) is 8.78 Å². The van der Waals surface area contributed by atoms with Crippen molar-refractivity contribution in [3.63, 3.8) is 0 Å². The van der Waals surface area contributed by atoms with E-state index in [2.05, 4.69) is 20.3 Å². The van der Waals surface area contributed by atoms with Crippen LogP contribution in [0.2, 0.25) is 0 Å². The van der Waals surface area contributed by atoms with Gasteiger partial charge in [-0.25, -0.2) is 4.79 Å². The van der Waals surface area contributed by atoms with Gasteiger partial charge in [-0.3, -0.25) is 14.5 Å². The summed E-state index contributed by atoms with van der Waals surface area (Å²) in [4.78, 5) is 41.2. The smallest absolute Gasteiger partial charge is 0.387 e. The predicted molar refractivity (Wildman–Crippen MR) is 122 cm³/mol. The number of imide groups is 1. The van der Waals surface area contributed by atoms with E-state index in [1.54, 1.807) is 12.1 Å². The summed E-state index contributed by atoms with van der Waals surface area (Å²) in [7, 11) is 0. The highest BCUT2D eigenvalue weighted by atomic mass is 19.3. The van der Waals surface area contributed by atoms with E-state index < -0.39 is 36.5 Å². The van der Waals surface area contributed by atoms with E-state index in [4.69, 9.17) is 0 Å². The number of amides is 4. The lowest BCUT2D eigenvalue weighted by atomic mass is 9.92. The minimum atomic E-state index is -2.97. The number of hydrogen-bond donors (Lipinski definition) is 2. The van der Waals surface area contributed by atoms with Crippen LogP contribution in [-0.4, -0.2) is 49.0 Å². The highest BCUT2D eigenvalue weighted by molar-refractivity contribution is 6.10. The van der Waals surface area contributed by atoms with Crippen molar-refractivity contribution >= 4 is 29.2 Å². The second-order valence-electron chi connectivity index (χ2n) is 8.49. The molecule has 2 aliphatic heterocycles. The normalized spacial score (nSPS) is 20.5. The molecule has 0 saturated carbocycles. The lowest BCUT2D eigenvalue weighted by Gasteiger charge is -2.28. The van der Waals surface area contributed by atoms with Gasteiger partial charge in [-0.1, -0.05) is 12.1 Å². The molecule has 2 N–H and O–H groups in total. The van der Waals surface area contributed by atoms with Gasteiger partial charge in [-0.15, -0.1) is 0 Å². The molecule has 0 spiro atoms. The molecule has 0 unspecified atom stereocenters. The molecule has 180 valence electrons. The van der Waals surface area contributed by atoms with Gasteiger partial charge in [0.1, 0.15) is 17.8 Å². The Kier molecular flexibility index (Phi) is 6.67. The highest BCUT2D eigenvalue weighted by Crippen LogP contribution is 2.30. The second-order valence-corrected chi connectivity index (χ2v) is 8.49. The molecule has 34 heavy (non-hydrogen) atoms. The number of nitrogens with zero attached hydrogens (tertiary/aromatic N) is 2. The van der Waals surface area contributed by atoms with Gasteiger partial charge in [0.25, 0.3) is 5.91 Å². The van der Waals surface area contributed by atoms with Crippen molar-refractivity contribution in [1.29, 1.82) is 0 Å². The highest BCUT2D eigenvalue weighted by Gasteiger charge is 2.49. The van der Waals surface area contributed by atoms with Gasteiger partial charge >= 0.3 is 12.6 Å². The zero-order valence-corrected chi connectivity index (χ0v) is 18.7. The number of hydrogen-bond acceptors (Lipinski definition) is 5. The average Bonchev–Trinajstić information content (AvgIpc) is 3.04. The molecule has 0 aliphatic carbocycles. The Bertz CT molecular complexity index is 1060. The summed E-state index contributed by atoms with van der Waals surface area (Å²) in [5.41, 5.74) is 0.600. The Morgan fingerprint density at radius 1 is 1.06 bits per heavy atom. The van der Waals surface area contributed by atoms with Crippen LogP contribution in [0.4, 0.5) is 25.0 Å². The Labute approximate surface area is 195 Å². The maximum absolute atomic E-state index is 13.0. The third kappa shape index (κ3) is 4.95. The fourth-order valence-corrected chi connectivity index (χ4v) is 4.26. The summed E-state index contributed by atoms with van der Waals surface area (Å²) in [5, 5.41) is 5.30. The first kappa shape index (κ1) is 23.5. The zero-order valence-electron chi connectivity index (χ0n) is 18.7. The summed E-state index contributed by atoms with van der Waals surface area (Å²) < 4.78 is 29.0. The second kappa shape index (κ2) is 9.66. The molecule has 0 aromatic heterocycles. The van der Waals surface area contributed by atoms with Gasteiger partial charge < -0.3 is 20.3 Å². The molecule has 2 saturated heterocycles. The monoisotopic (exact) mass is 472 g/mol. The van der Waals surface area contributed by atoms with Crippen LogP contribution in [0.3, 0.4) is 0 Å². The Hall–Kier alpha value is -3.69. The molecule has 2 heterocycles. The third-order valence-electron chi connectivity index (χ3n) is 6.11. The molecule has 2 aromatic carbocycles. The summed E-state index contributed by atoms with van der Waals surface area (Å²) in [5.74, 6) is -1.20. The molecule has 8 nitrogen and oxygen atoms in total. The third-order valence-corrected chi connectivity index (χ3v) is 6.11. The first-order valence-electron chi connectivity index (χ1n) is 11.1. The maximum atomic E-state index is 13.0. The Morgan fingerprint density at radius 2 is 1.71 bits per heavy atom. The average molecular weight is 472 g/mol. The molecule has 0 radical (unpaired) electrons. The number of anilines is 2. The number of ether oxygens (including phenoxy) is 1. The molecule has 0 bridgehead atoms. The molecular formula is C24H26F2N4O4. The van der Waals surface area contributed by atoms with Crippen LogP contribution in [-0.2, 0) is 15.1 Å². The first-order valence-corrected chi connectivity index (χ1v) is 11.1. The predicted octanol–water partition coefficient (Wildman–Crippen LogP) is 3.68. The lowest BCUT2D eigenvalue weighted by Crippen LogP contribution is -2.42. The van der Waals surface area contributed by atoms with E-state index in [0.29, 0.717) is 11.3 Å². The van der Waals surface area contributed by atoms with E-state index in [9.17, 15) is 23.2 Å². The topological polar surface area (TPSA) is 91.0 Å². The number of rotatable bonds is 7. The minimum absolute atomic E-state index is 0.0679. The molecule has 2 aromatic rings. The van der Waals surface area contributed by atoms with Gasteiger partial charge in [-0.05, 0) is 68.1 Å². The minimum Gasteiger partial charge on any atom is -0.435 e. The van der Waals surface area contributed by atoms with Gasteiger partial charge in [0.2, 0.25) is 5.91 Å². The molecule has 2 aliphatic rings. The van der Waals surface area contributed by atoms with Crippen molar-refractivity contribution < 1.29 is 27.9 Å². The summed E-state index contributed by atoms with van der Waals surface area (Å²) in [6, 6.07) is 12.2. The number of carbonyl (C=O) groups is 3. The number of piperidine rings is 1. The van der Waals surface area contributed by atoms with Crippen LogP contribution in [0.1, 0.15) is 31.7 Å². The summed E-state index contributed by atoms with van der Waals surface area (Å²) in [6.45, 7) is 0.0926. The van der Waals surface area contributed by atoms with E-state index >= 15 is 0 Å². The number of carbonyl (C=O) groups excluding carboxylic acids is 3. The molecule has 4 amide bonds. The number of urea groups is 1. The summed E-state index contributed by atoms with van der Waals surface area (Å²) >= 11 is 0. The first-order chi connectivity index (χ1) is 16.3. The lowest BCUT2D eigenvalue weighted by molar-refractivity contribution is -0.133. The number of nitrogens with one attached hydrogen (secondary N) is 2. The van der Waals surface area contributed by atoms with Crippen molar-refractivity contribution in [2.24, 2.45) is 0 Å². The Balaban J connectivity index is 1.38. The molecule has 1 atom stereocenters. The molecular weight excluding hydrogens is 446 g/mol. The quantitative estimate of drug-likeness (QED) is 0.600. The van der Waals surface area contributed by atoms with Gasteiger partial charge in [0.05, 0.1) is 0 Å². The number of halogens is 2. The molecule has 4 rings (SSSR count). The van der Waals surface area contributed by atoms with E-state index in [-0.39, 0.29) is 5.75 Å².